The Balaban J connectivity index is 1.45. The minimum Gasteiger partial charge on any atom is -0.383 e. The summed E-state index contributed by atoms with van der Waals surface area (Å²) in [5.74, 6) is 1.51. The molecule has 6 nitrogen and oxygen atoms in total. The summed E-state index contributed by atoms with van der Waals surface area (Å²) >= 11 is 0. The van der Waals surface area contributed by atoms with E-state index >= 15 is 0 Å². The summed E-state index contributed by atoms with van der Waals surface area (Å²) in [7, 11) is 0. The number of benzene rings is 2. The van der Waals surface area contributed by atoms with Gasteiger partial charge in [-0.2, -0.15) is 14.6 Å². The highest BCUT2D eigenvalue weighted by Gasteiger charge is 2.05. The molecule has 0 aliphatic rings. The molecule has 2 aromatic carbocycles. The van der Waals surface area contributed by atoms with Gasteiger partial charge >= 0.3 is 0 Å². The second-order valence-electron chi connectivity index (χ2n) is 5.63. The van der Waals surface area contributed by atoms with E-state index in [0.29, 0.717) is 5.78 Å². The summed E-state index contributed by atoms with van der Waals surface area (Å²) in [5, 5.41) is 13.6. The molecule has 0 radical (unpaired) electrons. The predicted octanol–water partition coefficient (Wildman–Crippen LogP) is 3.11. The van der Waals surface area contributed by atoms with Crippen LogP contribution in [0, 0.1) is 6.92 Å². The molecule has 0 bridgehead atoms. The lowest BCUT2D eigenvalue weighted by atomic mass is 10.1. The molecule has 0 unspecified atom stereocenters. The molecular weight excluding hydrogens is 300 g/mol. The van der Waals surface area contributed by atoms with Gasteiger partial charge in [-0.15, -0.1) is 0 Å². The Labute approximate surface area is 139 Å². The monoisotopic (exact) mass is 318 g/mol. The van der Waals surface area contributed by atoms with Crippen molar-refractivity contribution in [2.24, 2.45) is 0 Å². The fourth-order valence-electron chi connectivity index (χ4n) is 2.82. The van der Waals surface area contributed by atoms with Crippen LogP contribution >= 0.6 is 0 Å². The van der Waals surface area contributed by atoms with Crippen LogP contribution in [0.5, 0.6) is 0 Å². The van der Waals surface area contributed by atoms with Crippen LogP contribution < -0.4 is 10.6 Å². The van der Waals surface area contributed by atoms with E-state index in [4.69, 9.17) is 0 Å². The van der Waals surface area contributed by atoms with Crippen LogP contribution in [0.25, 0.3) is 16.6 Å². The van der Waals surface area contributed by atoms with Crippen LogP contribution in [-0.4, -0.2) is 32.7 Å². The molecule has 2 heterocycles. The highest BCUT2D eigenvalue weighted by molar-refractivity contribution is 5.93. The third-order valence-electron chi connectivity index (χ3n) is 3.92. The number of aryl methyl sites for hydroxylation is 1. The van der Waals surface area contributed by atoms with E-state index in [2.05, 4.69) is 68.2 Å². The van der Waals surface area contributed by atoms with Gasteiger partial charge in [0, 0.05) is 35.9 Å². The van der Waals surface area contributed by atoms with Gasteiger partial charge in [0.05, 0.1) is 0 Å². The van der Waals surface area contributed by atoms with Crippen molar-refractivity contribution in [2.75, 3.05) is 23.7 Å². The van der Waals surface area contributed by atoms with Gasteiger partial charge in [-0.3, -0.25) is 0 Å². The molecule has 2 aromatic heterocycles. The molecule has 0 aliphatic heterocycles. The zero-order valence-corrected chi connectivity index (χ0v) is 13.4. The van der Waals surface area contributed by atoms with Crippen molar-refractivity contribution in [1.29, 1.82) is 0 Å². The van der Waals surface area contributed by atoms with Gasteiger partial charge in [0.15, 0.2) is 0 Å². The fraction of sp³-hybridized carbons (Fsp3) is 0.167. The second-order valence-corrected chi connectivity index (χ2v) is 5.63. The smallest absolute Gasteiger partial charge is 0.254 e. The summed E-state index contributed by atoms with van der Waals surface area (Å²) in [4.78, 5) is 8.48. The van der Waals surface area contributed by atoms with Gasteiger partial charge < -0.3 is 10.6 Å². The first-order chi connectivity index (χ1) is 11.8. The van der Waals surface area contributed by atoms with Crippen LogP contribution in [0.4, 0.5) is 11.5 Å². The van der Waals surface area contributed by atoms with Crippen LogP contribution in [-0.2, 0) is 0 Å². The Hall–Kier alpha value is -3.15. The zero-order valence-electron chi connectivity index (χ0n) is 13.4. The number of fused-ring (bicyclic) bond motifs is 2. The van der Waals surface area contributed by atoms with E-state index in [1.54, 1.807) is 4.52 Å². The summed E-state index contributed by atoms with van der Waals surface area (Å²) in [5.41, 5.74) is 2.06. The maximum Gasteiger partial charge on any atom is 0.254 e. The average Bonchev–Trinajstić information content (AvgIpc) is 3.07. The topological polar surface area (TPSA) is 67.1 Å². The largest absolute Gasteiger partial charge is 0.383 e. The fourth-order valence-corrected chi connectivity index (χ4v) is 2.82. The first kappa shape index (κ1) is 14.4. The van der Waals surface area contributed by atoms with Crippen LogP contribution in [0.2, 0.25) is 0 Å². The highest BCUT2D eigenvalue weighted by Crippen LogP contribution is 2.22. The molecule has 0 saturated carbocycles. The molecule has 6 heteroatoms. The van der Waals surface area contributed by atoms with E-state index in [1.165, 1.54) is 17.1 Å². The summed E-state index contributed by atoms with van der Waals surface area (Å²) in [6, 6.07) is 16.7. The predicted molar refractivity (Wildman–Crippen MR) is 96.4 cm³/mol. The number of hydrogen-bond donors (Lipinski definition) is 2. The molecule has 0 spiro atoms. The lowest BCUT2D eigenvalue weighted by molar-refractivity contribution is 0.915. The van der Waals surface area contributed by atoms with Crippen molar-refractivity contribution in [1.82, 2.24) is 19.6 Å². The lowest BCUT2D eigenvalue weighted by Gasteiger charge is -2.12. The SMILES string of the molecule is Cc1cc(NCCNc2cccc3ccccc23)n2ncnc2n1. The maximum atomic E-state index is 4.34. The molecule has 4 rings (SSSR count). The van der Waals surface area contributed by atoms with Crippen molar-refractivity contribution in [3.05, 3.63) is 60.6 Å². The average molecular weight is 318 g/mol. The van der Waals surface area contributed by atoms with Crippen molar-refractivity contribution in [2.45, 2.75) is 6.92 Å². The van der Waals surface area contributed by atoms with Crippen molar-refractivity contribution < 1.29 is 0 Å². The van der Waals surface area contributed by atoms with E-state index in [-0.39, 0.29) is 0 Å². The highest BCUT2D eigenvalue weighted by atomic mass is 15.3. The minimum absolute atomic E-state index is 0.611. The van der Waals surface area contributed by atoms with Gasteiger partial charge in [-0.05, 0) is 18.4 Å². The minimum atomic E-state index is 0.611. The van der Waals surface area contributed by atoms with Crippen LogP contribution in [0.1, 0.15) is 5.69 Å². The van der Waals surface area contributed by atoms with Crippen LogP contribution in [0.15, 0.2) is 54.9 Å². The maximum absolute atomic E-state index is 4.34. The Kier molecular flexibility index (Phi) is 3.70. The summed E-state index contributed by atoms with van der Waals surface area (Å²) < 4.78 is 1.71. The standard InChI is InChI=1S/C18H18N6/c1-13-11-17(24-18(23-13)21-12-22-24)20-10-9-19-16-8-4-6-14-5-2-3-7-15(14)16/h2-8,11-12,19-20H,9-10H2,1H3. The molecular formula is C18H18N6. The second kappa shape index (κ2) is 6.16. The molecule has 0 fully saturated rings. The Bertz CT molecular complexity index is 986. The normalized spacial score (nSPS) is 11.0. The first-order valence-electron chi connectivity index (χ1n) is 7.94. The lowest BCUT2D eigenvalue weighted by Crippen LogP contribution is -2.16. The number of hydrogen-bond acceptors (Lipinski definition) is 5. The van der Waals surface area contributed by atoms with E-state index in [0.717, 1.165) is 30.3 Å². The summed E-state index contributed by atoms with van der Waals surface area (Å²) in [6.45, 7) is 3.52. The Morgan fingerprint density at radius 2 is 1.83 bits per heavy atom. The van der Waals surface area contributed by atoms with Gasteiger partial charge in [-0.25, -0.2) is 4.98 Å². The number of aromatic nitrogens is 4. The number of rotatable bonds is 5. The molecule has 0 amide bonds. The van der Waals surface area contributed by atoms with E-state index in [9.17, 15) is 0 Å². The third kappa shape index (κ3) is 2.74. The van der Waals surface area contributed by atoms with E-state index in [1.807, 2.05) is 13.0 Å². The zero-order chi connectivity index (χ0) is 16.4. The number of nitrogens with zero attached hydrogens (tertiary/aromatic N) is 4. The number of anilines is 2. The number of nitrogens with one attached hydrogen (secondary N) is 2. The first-order valence-corrected chi connectivity index (χ1v) is 7.94. The quantitative estimate of drug-likeness (QED) is 0.553. The van der Waals surface area contributed by atoms with Crippen LogP contribution in [0.3, 0.4) is 0 Å². The van der Waals surface area contributed by atoms with Crippen molar-refractivity contribution in [3.8, 4) is 0 Å². The molecule has 0 atom stereocenters. The third-order valence-corrected chi connectivity index (χ3v) is 3.92. The molecule has 2 N–H and O–H groups in total. The van der Waals surface area contributed by atoms with Crippen molar-refractivity contribution >= 4 is 28.1 Å². The molecule has 4 aromatic rings. The molecule has 0 aliphatic carbocycles. The van der Waals surface area contributed by atoms with Gasteiger partial charge in [0.2, 0.25) is 0 Å². The molecule has 120 valence electrons. The van der Waals surface area contributed by atoms with E-state index < -0.39 is 0 Å². The van der Waals surface area contributed by atoms with Gasteiger partial charge in [0.1, 0.15) is 12.1 Å². The molecule has 24 heavy (non-hydrogen) atoms. The molecule has 0 saturated heterocycles. The van der Waals surface area contributed by atoms with Gasteiger partial charge in [-0.1, -0.05) is 36.4 Å². The van der Waals surface area contributed by atoms with Crippen molar-refractivity contribution in [3.63, 3.8) is 0 Å². The Morgan fingerprint density at radius 1 is 1.00 bits per heavy atom. The van der Waals surface area contributed by atoms with Gasteiger partial charge in [0.25, 0.3) is 5.78 Å². The summed E-state index contributed by atoms with van der Waals surface area (Å²) in [6.07, 6.45) is 1.52. The Morgan fingerprint density at radius 3 is 2.79 bits per heavy atom.